The van der Waals surface area contributed by atoms with E-state index in [-0.39, 0.29) is 5.56 Å². The lowest BCUT2D eigenvalue weighted by molar-refractivity contribution is 0.502. The highest BCUT2D eigenvalue weighted by molar-refractivity contribution is 5.30. The van der Waals surface area contributed by atoms with E-state index in [1.54, 1.807) is 6.07 Å². The summed E-state index contributed by atoms with van der Waals surface area (Å²) >= 11 is 0. The molecule has 0 amide bonds. The summed E-state index contributed by atoms with van der Waals surface area (Å²) in [6, 6.07) is 4.97. The van der Waals surface area contributed by atoms with Gasteiger partial charge in [-0.15, -0.1) is 0 Å². The zero-order chi connectivity index (χ0) is 10.1. The van der Waals surface area contributed by atoms with Gasteiger partial charge >= 0.3 is 0 Å². The molecule has 0 fully saturated rings. The van der Waals surface area contributed by atoms with Gasteiger partial charge in [0.25, 0.3) is 0 Å². The lowest BCUT2D eigenvalue weighted by Gasteiger charge is -2.15. The summed E-state index contributed by atoms with van der Waals surface area (Å²) in [6.45, 7) is 1.43. The number of nitrogens with two attached hydrogens (primary N) is 1. The van der Waals surface area contributed by atoms with Gasteiger partial charge in [-0.1, -0.05) is 6.07 Å². The largest absolute Gasteiger partial charge is 0.310 e. The van der Waals surface area contributed by atoms with E-state index in [0.717, 1.165) is 12.1 Å². The van der Waals surface area contributed by atoms with Gasteiger partial charge in [0.05, 0.1) is 6.07 Å². The number of rotatable bonds is 1. The van der Waals surface area contributed by atoms with Crippen LogP contribution in [0, 0.1) is 23.0 Å². The first-order valence-corrected chi connectivity index (χ1v) is 3.63. The molecule has 2 nitrogen and oxygen atoms in total. The number of benzene rings is 1. The number of hydrogen-bond acceptors (Lipinski definition) is 2. The van der Waals surface area contributed by atoms with Crippen molar-refractivity contribution in [3.8, 4) is 6.07 Å². The Labute approximate surface area is 74.6 Å². The van der Waals surface area contributed by atoms with Crippen LogP contribution in [0.15, 0.2) is 18.2 Å². The summed E-state index contributed by atoms with van der Waals surface area (Å²) in [7, 11) is 0. The summed E-state index contributed by atoms with van der Waals surface area (Å²) in [5.41, 5.74) is 4.48. The Bertz CT molecular complexity index is 366. The van der Waals surface area contributed by atoms with E-state index in [9.17, 15) is 8.78 Å². The first kappa shape index (κ1) is 9.62. The fraction of sp³-hybridized carbons (Fsp3) is 0.222. The van der Waals surface area contributed by atoms with Crippen LogP contribution >= 0.6 is 0 Å². The van der Waals surface area contributed by atoms with Gasteiger partial charge in [-0.05, 0) is 24.6 Å². The van der Waals surface area contributed by atoms with Crippen molar-refractivity contribution in [1.82, 2.24) is 0 Å². The van der Waals surface area contributed by atoms with Crippen LogP contribution in [-0.2, 0) is 5.54 Å². The summed E-state index contributed by atoms with van der Waals surface area (Å²) in [5.74, 6) is -1.94. The normalized spacial score (nSPS) is 14.7. The van der Waals surface area contributed by atoms with Gasteiger partial charge in [-0.2, -0.15) is 5.26 Å². The lowest BCUT2D eigenvalue weighted by Crippen LogP contribution is -2.30. The highest BCUT2D eigenvalue weighted by Crippen LogP contribution is 2.18. The van der Waals surface area contributed by atoms with E-state index in [4.69, 9.17) is 11.0 Å². The standard InChI is InChI=1S/C9H8F2N2/c1-9(13,5-12)6-2-3-7(10)8(11)4-6/h2-4H,13H2,1H3/t9-/m0/s1. The van der Waals surface area contributed by atoms with Crippen molar-refractivity contribution in [2.75, 3.05) is 0 Å². The molecule has 0 aliphatic heterocycles. The molecular weight excluding hydrogens is 174 g/mol. The van der Waals surface area contributed by atoms with E-state index in [1.807, 2.05) is 0 Å². The Morgan fingerprint density at radius 3 is 2.46 bits per heavy atom. The van der Waals surface area contributed by atoms with Crippen LogP contribution in [0.4, 0.5) is 8.78 Å². The third-order valence-electron chi connectivity index (χ3n) is 1.75. The third-order valence-corrected chi connectivity index (χ3v) is 1.75. The molecule has 1 atom stereocenters. The molecule has 0 aliphatic rings. The van der Waals surface area contributed by atoms with Gasteiger partial charge in [0.2, 0.25) is 0 Å². The highest BCUT2D eigenvalue weighted by Gasteiger charge is 2.21. The topological polar surface area (TPSA) is 49.8 Å². The number of nitriles is 1. The zero-order valence-corrected chi connectivity index (χ0v) is 7.01. The Balaban J connectivity index is 3.20. The van der Waals surface area contributed by atoms with E-state index < -0.39 is 17.2 Å². The maximum absolute atomic E-state index is 12.7. The third kappa shape index (κ3) is 1.82. The zero-order valence-electron chi connectivity index (χ0n) is 7.01. The SMILES string of the molecule is C[C@](N)(C#N)c1ccc(F)c(F)c1. The predicted molar refractivity (Wildman–Crippen MR) is 43.5 cm³/mol. The average Bonchev–Trinajstić information content (AvgIpc) is 2.09. The van der Waals surface area contributed by atoms with E-state index in [0.29, 0.717) is 0 Å². The lowest BCUT2D eigenvalue weighted by atomic mass is 9.95. The van der Waals surface area contributed by atoms with Crippen molar-refractivity contribution in [1.29, 1.82) is 5.26 Å². The van der Waals surface area contributed by atoms with E-state index >= 15 is 0 Å². The van der Waals surface area contributed by atoms with Crippen LogP contribution in [0.3, 0.4) is 0 Å². The monoisotopic (exact) mass is 182 g/mol. The summed E-state index contributed by atoms with van der Waals surface area (Å²) in [4.78, 5) is 0. The first-order chi connectivity index (χ1) is 5.97. The molecule has 1 aromatic carbocycles. The molecule has 2 N–H and O–H groups in total. The van der Waals surface area contributed by atoms with Crippen molar-refractivity contribution in [3.05, 3.63) is 35.4 Å². The minimum Gasteiger partial charge on any atom is -0.310 e. The van der Waals surface area contributed by atoms with Gasteiger partial charge in [0.15, 0.2) is 11.6 Å². The van der Waals surface area contributed by atoms with E-state index in [2.05, 4.69) is 0 Å². The van der Waals surface area contributed by atoms with Crippen LogP contribution in [0.1, 0.15) is 12.5 Å². The fourth-order valence-corrected chi connectivity index (χ4v) is 0.884. The Morgan fingerprint density at radius 1 is 1.38 bits per heavy atom. The van der Waals surface area contributed by atoms with Crippen LogP contribution in [-0.4, -0.2) is 0 Å². The minimum atomic E-state index is -1.28. The molecule has 0 radical (unpaired) electrons. The highest BCUT2D eigenvalue weighted by atomic mass is 19.2. The molecule has 0 saturated carbocycles. The minimum absolute atomic E-state index is 0.258. The van der Waals surface area contributed by atoms with Crippen LogP contribution in [0.5, 0.6) is 0 Å². The van der Waals surface area contributed by atoms with Gasteiger partial charge < -0.3 is 5.73 Å². The number of nitrogens with zero attached hydrogens (tertiary/aromatic N) is 1. The Hall–Kier alpha value is -1.47. The van der Waals surface area contributed by atoms with Gasteiger partial charge in [-0.3, -0.25) is 0 Å². The molecule has 0 aliphatic carbocycles. The molecule has 1 aromatic rings. The Morgan fingerprint density at radius 2 is 2.00 bits per heavy atom. The fourth-order valence-electron chi connectivity index (χ4n) is 0.884. The van der Waals surface area contributed by atoms with Gasteiger partial charge in [-0.25, -0.2) is 8.78 Å². The van der Waals surface area contributed by atoms with Gasteiger partial charge in [0.1, 0.15) is 5.54 Å². The summed E-state index contributed by atoms with van der Waals surface area (Å²) < 4.78 is 25.2. The van der Waals surface area contributed by atoms with Crippen LogP contribution < -0.4 is 5.73 Å². The molecule has 0 spiro atoms. The molecule has 13 heavy (non-hydrogen) atoms. The second-order valence-electron chi connectivity index (χ2n) is 2.94. The predicted octanol–water partition coefficient (Wildman–Crippen LogP) is 1.66. The molecule has 0 bridgehead atoms. The second kappa shape index (κ2) is 3.11. The quantitative estimate of drug-likeness (QED) is 0.718. The molecule has 1 rings (SSSR count). The molecule has 0 aromatic heterocycles. The van der Waals surface area contributed by atoms with Crippen molar-refractivity contribution in [3.63, 3.8) is 0 Å². The van der Waals surface area contributed by atoms with E-state index in [1.165, 1.54) is 13.0 Å². The van der Waals surface area contributed by atoms with Crippen molar-refractivity contribution >= 4 is 0 Å². The summed E-state index contributed by atoms with van der Waals surface area (Å²) in [6.07, 6.45) is 0. The average molecular weight is 182 g/mol. The van der Waals surface area contributed by atoms with Crippen molar-refractivity contribution in [2.24, 2.45) is 5.73 Å². The molecule has 68 valence electrons. The smallest absolute Gasteiger partial charge is 0.159 e. The molecule has 0 unspecified atom stereocenters. The molecule has 0 heterocycles. The first-order valence-electron chi connectivity index (χ1n) is 3.63. The maximum Gasteiger partial charge on any atom is 0.159 e. The Kier molecular flexibility index (Phi) is 2.30. The summed E-state index contributed by atoms with van der Waals surface area (Å²) in [5, 5.41) is 8.62. The van der Waals surface area contributed by atoms with Crippen molar-refractivity contribution < 1.29 is 8.78 Å². The maximum atomic E-state index is 12.7. The molecular formula is C9H8F2N2. The van der Waals surface area contributed by atoms with Crippen molar-refractivity contribution in [2.45, 2.75) is 12.5 Å². The second-order valence-corrected chi connectivity index (χ2v) is 2.94. The van der Waals surface area contributed by atoms with Gasteiger partial charge in [0, 0.05) is 0 Å². The van der Waals surface area contributed by atoms with Crippen LogP contribution in [0.25, 0.3) is 0 Å². The molecule has 4 heteroatoms. The van der Waals surface area contributed by atoms with Crippen LogP contribution in [0.2, 0.25) is 0 Å². The number of hydrogen-bond donors (Lipinski definition) is 1. The number of halogens is 2. The molecule has 0 saturated heterocycles.